The number of aromatic nitrogens is 2. The van der Waals surface area contributed by atoms with Crippen molar-refractivity contribution in [3.8, 4) is 0 Å². The van der Waals surface area contributed by atoms with E-state index in [1.54, 1.807) is 11.3 Å². The minimum absolute atomic E-state index is 0.176. The van der Waals surface area contributed by atoms with Crippen molar-refractivity contribution in [2.75, 3.05) is 0 Å². The van der Waals surface area contributed by atoms with Crippen LogP contribution in [0.2, 0.25) is 0 Å². The first-order valence-electron chi connectivity index (χ1n) is 5.27. The van der Waals surface area contributed by atoms with E-state index in [1.165, 1.54) is 4.88 Å². The van der Waals surface area contributed by atoms with Crippen molar-refractivity contribution in [1.29, 1.82) is 0 Å². The van der Waals surface area contributed by atoms with Crippen LogP contribution < -0.4 is 5.73 Å². The summed E-state index contributed by atoms with van der Waals surface area (Å²) in [5, 5.41) is 5.97. The second kappa shape index (κ2) is 4.76. The van der Waals surface area contributed by atoms with Gasteiger partial charge in [0.1, 0.15) is 0 Å². The molecule has 16 heavy (non-hydrogen) atoms. The number of rotatable bonds is 4. The predicted octanol–water partition coefficient (Wildman–Crippen LogP) is 2.38. The molecule has 0 spiro atoms. The van der Waals surface area contributed by atoms with Crippen LogP contribution in [0.25, 0.3) is 0 Å². The van der Waals surface area contributed by atoms with E-state index in [2.05, 4.69) is 16.2 Å². The monoisotopic (exact) mass is 237 g/mol. The van der Waals surface area contributed by atoms with Crippen LogP contribution in [0, 0.1) is 5.92 Å². The third kappa shape index (κ3) is 2.48. The zero-order chi connectivity index (χ0) is 11.5. The topological polar surface area (TPSA) is 64.9 Å². The highest BCUT2D eigenvalue weighted by Crippen LogP contribution is 2.18. The van der Waals surface area contributed by atoms with Gasteiger partial charge in [0.05, 0.1) is 6.04 Å². The lowest BCUT2D eigenvalue weighted by molar-refractivity contribution is 0.322. The normalized spacial score (nSPS) is 13.2. The van der Waals surface area contributed by atoms with Crippen LogP contribution in [-0.4, -0.2) is 10.1 Å². The van der Waals surface area contributed by atoms with Gasteiger partial charge in [-0.25, -0.2) is 0 Å². The van der Waals surface area contributed by atoms with Gasteiger partial charge in [0.15, 0.2) is 5.82 Å². The lowest BCUT2D eigenvalue weighted by Crippen LogP contribution is -2.17. The third-order valence-electron chi connectivity index (χ3n) is 2.40. The highest BCUT2D eigenvalue weighted by atomic mass is 32.1. The van der Waals surface area contributed by atoms with Gasteiger partial charge in [-0.05, 0) is 17.4 Å². The highest BCUT2D eigenvalue weighted by molar-refractivity contribution is 7.09. The fourth-order valence-corrected chi connectivity index (χ4v) is 2.03. The van der Waals surface area contributed by atoms with E-state index in [-0.39, 0.29) is 6.04 Å². The number of nitrogens with two attached hydrogens (primary N) is 1. The van der Waals surface area contributed by atoms with Gasteiger partial charge in [-0.1, -0.05) is 25.1 Å². The van der Waals surface area contributed by atoms with Gasteiger partial charge >= 0.3 is 0 Å². The molecule has 0 aliphatic carbocycles. The molecule has 1 atom stereocenters. The van der Waals surface area contributed by atoms with Crippen molar-refractivity contribution in [3.63, 3.8) is 0 Å². The maximum atomic E-state index is 5.93. The molecule has 0 saturated carbocycles. The summed E-state index contributed by atoms with van der Waals surface area (Å²) in [4.78, 5) is 5.54. The molecule has 0 saturated heterocycles. The lowest BCUT2D eigenvalue weighted by Gasteiger charge is -2.09. The Morgan fingerprint density at radius 2 is 2.31 bits per heavy atom. The average molecular weight is 237 g/mol. The van der Waals surface area contributed by atoms with E-state index < -0.39 is 0 Å². The quantitative estimate of drug-likeness (QED) is 0.886. The molecule has 2 heterocycles. The molecular weight excluding hydrogens is 222 g/mol. The minimum atomic E-state index is -0.176. The molecule has 0 fully saturated rings. The SMILES string of the molecule is CC(C)C(N)c1nc(Cc2cccs2)no1. The molecule has 2 aromatic rings. The molecule has 0 aliphatic heterocycles. The Hall–Kier alpha value is -1.20. The molecular formula is C11H15N3OS. The van der Waals surface area contributed by atoms with E-state index in [9.17, 15) is 0 Å². The van der Waals surface area contributed by atoms with E-state index in [4.69, 9.17) is 10.3 Å². The molecule has 2 aromatic heterocycles. The van der Waals surface area contributed by atoms with Crippen molar-refractivity contribution in [2.24, 2.45) is 11.7 Å². The van der Waals surface area contributed by atoms with Gasteiger partial charge in [-0.3, -0.25) is 0 Å². The summed E-state index contributed by atoms with van der Waals surface area (Å²) in [6.07, 6.45) is 0.714. The zero-order valence-electron chi connectivity index (χ0n) is 9.38. The van der Waals surface area contributed by atoms with Gasteiger partial charge in [0.25, 0.3) is 0 Å². The zero-order valence-corrected chi connectivity index (χ0v) is 10.2. The van der Waals surface area contributed by atoms with E-state index in [1.807, 2.05) is 25.3 Å². The average Bonchev–Trinajstić information content (AvgIpc) is 2.88. The first kappa shape index (κ1) is 11.3. The molecule has 0 aliphatic rings. The summed E-state index contributed by atoms with van der Waals surface area (Å²) in [6.45, 7) is 4.07. The van der Waals surface area contributed by atoms with Gasteiger partial charge in [-0.2, -0.15) is 4.98 Å². The summed E-state index contributed by atoms with van der Waals surface area (Å²) in [7, 11) is 0. The van der Waals surface area contributed by atoms with E-state index in [0.717, 1.165) is 0 Å². The Morgan fingerprint density at radius 1 is 1.50 bits per heavy atom. The van der Waals surface area contributed by atoms with Crippen LogP contribution in [0.15, 0.2) is 22.0 Å². The molecule has 1 unspecified atom stereocenters. The van der Waals surface area contributed by atoms with E-state index >= 15 is 0 Å². The van der Waals surface area contributed by atoms with Crippen molar-refractivity contribution in [2.45, 2.75) is 26.3 Å². The highest BCUT2D eigenvalue weighted by Gasteiger charge is 2.18. The molecule has 5 heteroatoms. The van der Waals surface area contributed by atoms with Crippen molar-refractivity contribution in [3.05, 3.63) is 34.1 Å². The number of nitrogens with zero attached hydrogens (tertiary/aromatic N) is 2. The Labute approximate surface area is 98.5 Å². The Bertz CT molecular complexity index is 436. The number of hydrogen-bond donors (Lipinski definition) is 1. The molecule has 4 nitrogen and oxygen atoms in total. The molecule has 2 N–H and O–H groups in total. The standard InChI is InChI=1S/C11H15N3OS/c1-7(2)10(12)11-13-9(14-15-11)6-8-4-3-5-16-8/h3-5,7,10H,6,12H2,1-2H3. The molecule has 0 bridgehead atoms. The van der Waals surface area contributed by atoms with Crippen LogP contribution in [-0.2, 0) is 6.42 Å². The fraction of sp³-hybridized carbons (Fsp3) is 0.455. The van der Waals surface area contributed by atoms with Crippen LogP contribution >= 0.6 is 11.3 Å². The molecule has 0 radical (unpaired) electrons. The number of hydrogen-bond acceptors (Lipinski definition) is 5. The summed E-state index contributed by atoms with van der Waals surface area (Å²) in [5.41, 5.74) is 5.93. The molecule has 2 rings (SSSR count). The van der Waals surface area contributed by atoms with Crippen molar-refractivity contribution >= 4 is 11.3 Å². The van der Waals surface area contributed by atoms with Crippen LogP contribution in [0.4, 0.5) is 0 Å². The molecule has 0 aromatic carbocycles. The Morgan fingerprint density at radius 3 is 2.94 bits per heavy atom. The Balaban J connectivity index is 2.08. The maximum Gasteiger partial charge on any atom is 0.243 e. The first-order valence-corrected chi connectivity index (χ1v) is 6.15. The molecule has 86 valence electrons. The summed E-state index contributed by atoms with van der Waals surface area (Å²) in [6, 6.07) is 3.90. The van der Waals surface area contributed by atoms with E-state index in [0.29, 0.717) is 24.1 Å². The lowest BCUT2D eigenvalue weighted by atomic mass is 10.1. The minimum Gasteiger partial charge on any atom is -0.338 e. The van der Waals surface area contributed by atoms with Gasteiger partial charge < -0.3 is 10.3 Å². The van der Waals surface area contributed by atoms with Crippen molar-refractivity contribution in [1.82, 2.24) is 10.1 Å². The van der Waals surface area contributed by atoms with Crippen LogP contribution in [0.5, 0.6) is 0 Å². The first-order chi connectivity index (χ1) is 7.66. The van der Waals surface area contributed by atoms with Crippen LogP contribution in [0.1, 0.15) is 36.5 Å². The smallest absolute Gasteiger partial charge is 0.243 e. The maximum absolute atomic E-state index is 5.93. The summed E-state index contributed by atoms with van der Waals surface area (Å²) < 4.78 is 5.16. The van der Waals surface area contributed by atoms with Gasteiger partial charge in [0.2, 0.25) is 5.89 Å². The second-order valence-corrected chi connectivity index (χ2v) is 5.11. The fourth-order valence-electron chi connectivity index (χ4n) is 1.33. The largest absolute Gasteiger partial charge is 0.338 e. The van der Waals surface area contributed by atoms with Gasteiger partial charge in [-0.15, -0.1) is 11.3 Å². The second-order valence-electron chi connectivity index (χ2n) is 4.07. The van der Waals surface area contributed by atoms with Crippen LogP contribution in [0.3, 0.4) is 0 Å². The molecule has 0 amide bonds. The Kier molecular flexibility index (Phi) is 3.36. The summed E-state index contributed by atoms with van der Waals surface area (Å²) >= 11 is 1.69. The summed E-state index contributed by atoms with van der Waals surface area (Å²) in [5.74, 6) is 1.53. The van der Waals surface area contributed by atoms with Gasteiger partial charge in [0, 0.05) is 11.3 Å². The van der Waals surface area contributed by atoms with Crippen molar-refractivity contribution < 1.29 is 4.52 Å². The number of thiophene rings is 1. The third-order valence-corrected chi connectivity index (χ3v) is 3.28. The predicted molar refractivity (Wildman–Crippen MR) is 63.2 cm³/mol.